The predicted octanol–water partition coefficient (Wildman–Crippen LogP) is 3.09. The van der Waals surface area contributed by atoms with Gasteiger partial charge in [0.25, 0.3) is 10.0 Å². The molecule has 2 rings (SSSR count). The molecule has 0 heterocycles. The van der Waals surface area contributed by atoms with Crippen LogP contribution in [0, 0.1) is 6.92 Å². The Bertz CT molecular complexity index is 822. The van der Waals surface area contributed by atoms with Crippen molar-refractivity contribution in [3.63, 3.8) is 0 Å². The number of aryl methyl sites for hydroxylation is 1. The normalized spacial score (nSPS) is 11.7. The lowest BCUT2D eigenvalue weighted by Crippen LogP contribution is -2.43. The van der Waals surface area contributed by atoms with Gasteiger partial charge in [0, 0.05) is 0 Å². The molecule has 8 heteroatoms. The van der Waals surface area contributed by atoms with Crippen molar-refractivity contribution < 1.29 is 23.1 Å². The number of rotatable bonds is 6. The Kier molecular flexibility index (Phi) is 8.28. The average molecular weight is 398 g/mol. The van der Waals surface area contributed by atoms with Gasteiger partial charge in [-0.25, -0.2) is 13.2 Å². The predicted molar refractivity (Wildman–Crippen MR) is 101 cm³/mol. The van der Waals surface area contributed by atoms with Gasteiger partial charge < -0.3 is 9.90 Å². The molecule has 0 aliphatic rings. The number of aldehydes is 1. The van der Waals surface area contributed by atoms with Crippen LogP contribution in [0.2, 0.25) is 0 Å². The van der Waals surface area contributed by atoms with Crippen LogP contribution in [0.5, 0.6) is 0 Å². The summed E-state index contributed by atoms with van der Waals surface area (Å²) in [5, 5.41) is 9.26. The summed E-state index contributed by atoms with van der Waals surface area (Å²) >= 11 is 4.82. The molecule has 1 N–H and O–H groups in total. The van der Waals surface area contributed by atoms with Crippen LogP contribution in [0.1, 0.15) is 12.5 Å². The van der Waals surface area contributed by atoms with Crippen LogP contribution < -0.4 is 4.31 Å². The number of alkyl halides is 1. The molecule has 0 bridgehead atoms. The first-order chi connectivity index (χ1) is 12.3. The molecule has 1 unspecified atom stereocenters. The Hall–Kier alpha value is -2.38. The Morgan fingerprint density at radius 2 is 1.65 bits per heavy atom. The fourth-order valence-electron chi connectivity index (χ4n) is 2.07. The summed E-state index contributed by atoms with van der Waals surface area (Å²) in [5.74, 6) is -1.10. The number of anilines is 1. The van der Waals surface area contributed by atoms with Crippen molar-refractivity contribution in [2.45, 2.75) is 24.8 Å². The van der Waals surface area contributed by atoms with Gasteiger partial charge in [-0.3, -0.25) is 4.31 Å². The number of carboxylic acid groups (broad SMARTS) is 1. The lowest BCUT2D eigenvalue weighted by Gasteiger charge is -2.28. The first kappa shape index (κ1) is 21.7. The number of hydrogen-bond donors (Lipinski definition) is 1. The molecule has 0 aromatic heterocycles. The Morgan fingerprint density at radius 1 is 1.15 bits per heavy atom. The number of nitrogens with zero attached hydrogens (tertiary/aromatic N) is 1. The van der Waals surface area contributed by atoms with E-state index in [9.17, 15) is 18.3 Å². The third-order valence-electron chi connectivity index (χ3n) is 3.36. The minimum absolute atomic E-state index is 0.0649. The minimum atomic E-state index is -3.96. The molecule has 0 aliphatic carbocycles. The van der Waals surface area contributed by atoms with Gasteiger partial charge in [-0.05, 0) is 38.1 Å². The molecule has 140 valence electrons. The van der Waals surface area contributed by atoms with Crippen LogP contribution in [-0.2, 0) is 19.6 Å². The Labute approximate surface area is 158 Å². The summed E-state index contributed by atoms with van der Waals surface area (Å²) < 4.78 is 26.6. The molecule has 0 saturated carbocycles. The molecule has 0 radical (unpaired) electrons. The summed E-state index contributed by atoms with van der Waals surface area (Å²) in [6.45, 7) is 3.20. The van der Waals surface area contributed by atoms with Crippen molar-refractivity contribution >= 4 is 39.6 Å². The largest absolute Gasteiger partial charge is 0.480 e. The third-order valence-corrected chi connectivity index (χ3v) is 5.40. The molecule has 0 fully saturated rings. The molecular weight excluding hydrogens is 378 g/mol. The highest BCUT2D eigenvalue weighted by molar-refractivity contribution is 7.92. The van der Waals surface area contributed by atoms with Crippen LogP contribution in [0.3, 0.4) is 0 Å². The van der Waals surface area contributed by atoms with E-state index in [1.807, 2.05) is 6.92 Å². The number of carboxylic acids is 1. The van der Waals surface area contributed by atoms with Crippen molar-refractivity contribution in [2.24, 2.45) is 0 Å². The molecule has 1 atom stereocenters. The van der Waals surface area contributed by atoms with Gasteiger partial charge >= 0.3 is 5.97 Å². The van der Waals surface area contributed by atoms with Crippen LogP contribution in [0.25, 0.3) is 0 Å². The van der Waals surface area contributed by atoms with Crippen LogP contribution in [-0.4, -0.2) is 37.7 Å². The number of halogens is 1. The highest BCUT2D eigenvalue weighted by atomic mass is 35.5. The van der Waals surface area contributed by atoms with E-state index in [0.717, 1.165) is 9.87 Å². The first-order valence-corrected chi connectivity index (χ1v) is 9.61. The second kappa shape index (κ2) is 9.94. The second-order valence-corrected chi connectivity index (χ2v) is 7.41. The van der Waals surface area contributed by atoms with Crippen molar-refractivity contribution in [3.8, 4) is 0 Å². The van der Waals surface area contributed by atoms with Crippen LogP contribution in [0.4, 0.5) is 5.69 Å². The molecule has 2 aromatic carbocycles. The summed E-state index contributed by atoms with van der Waals surface area (Å²) in [4.78, 5) is 20.4. The lowest BCUT2D eigenvalue weighted by molar-refractivity contribution is -0.137. The van der Waals surface area contributed by atoms with E-state index in [0.29, 0.717) is 12.0 Å². The maximum absolute atomic E-state index is 12.9. The molecule has 2 aromatic rings. The zero-order chi connectivity index (χ0) is 19.7. The molecule has 6 nitrogen and oxygen atoms in total. The fraction of sp³-hybridized carbons (Fsp3) is 0.222. The highest BCUT2D eigenvalue weighted by Crippen LogP contribution is 2.26. The van der Waals surface area contributed by atoms with E-state index in [-0.39, 0.29) is 10.8 Å². The SMILES string of the molecule is Cc1ccc(S(=O)(=O)N(c2ccccc2)C(C)C(=O)O)cc1.O=CCCl. The van der Waals surface area contributed by atoms with Gasteiger partial charge in [-0.1, -0.05) is 35.9 Å². The summed E-state index contributed by atoms with van der Waals surface area (Å²) in [6, 6.07) is 13.3. The number of benzene rings is 2. The van der Waals surface area contributed by atoms with E-state index in [1.54, 1.807) is 42.5 Å². The third kappa shape index (κ3) is 5.57. The van der Waals surface area contributed by atoms with Gasteiger partial charge in [-0.15, -0.1) is 11.6 Å². The number of carbonyl (C=O) groups excluding carboxylic acids is 1. The van der Waals surface area contributed by atoms with E-state index in [1.165, 1.54) is 19.1 Å². The molecule has 0 aliphatic heterocycles. The highest BCUT2D eigenvalue weighted by Gasteiger charge is 2.33. The summed E-state index contributed by atoms with van der Waals surface area (Å²) in [6.07, 6.45) is 0.640. The second-order valence-electron chi connectivity index (χ2n) is 5.28. The van der Waals surface area contributed by atoms with Crippen molar-refractivity contribution in [1.82, 2.24) is 0 Å². The molecule has 0 spiro atoms. The van der Waals surface area contributed by atoms with Crippen LogP contribution in [0.15, 0.2) is 59.5 Å². The number of hydrogen-bond acceptors (Lipinski definition) is 4. The topological polar surface area (TPSA) is 91.8 Å². The van der Waals surface area contributed by atoms with Crippen molar-refractivity contribution in [2.75, 3.05) is 10.2 Å². The Morgan fingerprint density at radius 3 is 2.08 bits per heavy atom. The van der Waals surface area contributed by atoms with Crippen LogP contribution >= 0.6 is 11.6 Å². The van der Waals surface area contributed by atoms with Gasteiger partial charge in [0.2, 0.25) is 0 Å². The Balaban J connectivity index is 0.000000765. The molecule has 0 saturated heterocycles. The monoisotopic (exact) mass is 397 g/mol. The number of carbonyl (C=O) groups is 2. The number of sulfonamides is 1. The zero-order valence-electron chi connectivity index (χ0n) is 14.4. The number of para-hydroxylation sites is 1. The van der Waals surface area contributed by atoms with E-state index >= 15 is 0 Å². The zero-order valence-corrected chi connectivity index (χ0v) is 15.9. The molecular formula is C18H20ClNO5S. The molecule has 26 heavy (non-hydrogen) atoms. The van der Waals surface area contributed by atoms with Crippen molar-refractivity contribution in [3.05, 3.63) is 60.2 Å². The van der Waals surface area contributed by atoms with Gasteiger partial charge in [-0.2, -0.15) is 0 Å². The van der Waals surface area contributed by atoms with Gasteiger partial charge in [0.1, 0.15) is 12.3 Å². The van der Waals surface area contributed by atoms with E-state index < -0.39 is 22.0 Å². The van der Waals surface area contributed by atoms with E-state index in [2.05, 4.69) is 0 Å². The lowest BCUT2D eigenvalue weighted by atomic mass is 10.2. The smallest absolute Gasteiger partial charge is 0.327 e. The maximum atomic E-state index is 12.9. The maximum Gasteiger partial charge on any atom is 0.327 e. The van der Waals surface area contributed by atoms with Gasteiger partial charge in [0.15, 0.2) is 0 Å². The van der Waals surface area contributed by atoms with Gasteiger partial charge in [0.05, 0.1) is 16.5 Å². The standard InChI is InChI=1S/C16H17NO4S.C2H3ClO/c1-12-8-10-15(11-9-12)22(20,21)17(13(2)16(18)19)14-6-4-3-5-7-14;3-1-2-4/h3-11,13H,1-2H3,(H,18,19);2H,1H2. The summed E-state index contributed by atoms with van der Waals surface area (Å²) in [7, 11) is -3.96. The quantitative estimate of drug-likeness (QED) is 0.597. The van der Waals surface area contributed by atoms with Crippen molar-refractivity contribution in [1.29, 1.82) is 0 Å². The minimum Gasteiger partial charge on any atom is -0.480 e. The number of aliphatic carboxylic acids is 1. The molecule has 0 amide bonds. The fourth-order valence-corrected chi connectivity index (χ4v) is 3.68. The van der Waals surface area contributed by atoms with E-state index in [4.69, 9.17) is 16.4 Å². The summed E-state index contributed by atoms with van der Waals surface area (Å²) in [5.41, 5.74) is 1.24. The first-order valence-electron chi connectivity index (χ1n) is 7.64. The average Bonchev–Trinajstić information content (AvgIpc) is 2.63.